The summed E-state index contributed by atoms with van der Waals surface area (Å²) in [6, 6.07) is 29.0. The molecule has 0 fully saturated rings. The van der Waals surface area contributed by atoms with Crippen LogP contribution in [-0.4, -0.2) is 45.6 Å². The van der Waals surface area contributed by atoms with Crippen molar-refractivity contribution in [3.05, 3.63) is 107 Å². The zero-order valence-electron chi connectivity index (χ0n) is 28.9. The van der Waals surface area contributed by atoms with Crippen LogP contribution in [0.2, 0.25) is 0 Å². The van der Waals surface area contributed by atoms with Crippen LogP contribution in [0.4, 0.5) is 22.7 Å². The minimum atomic E-state index is -0.487. The van der Waals surface area contributed by atoms with Gasteiger partial charge in [0.1, 0.15) is 34.5 Å². The molecule has 0 spiro atoms. The SMILES string of the molecule is COc1ccc2c(-c3c(OCCCOc4cc([N+](=O)[O-])ccc4N)ccc4cc(OC)ccc34)c(OCCCOc3cc(N)ccc3N)ccc2c1. The molecule has 12 heteroatoms. The first-order valence-electron chi connectivity index (χ1n) is 16.7. The number of ether oxygens (including phenoxy) is 6. The van der Waals surface area contributed by atoms with Crippen LogP contribution in [0.25, 0.3) is 32.7 Å². The Morgan fingerprint density at radius 1 is 0.538 bits per heavy atom. The second kappa shape index (κ2) is 16.0. The van der Waals surface area contributed by atoms with E-state index in [0.717, 1.165) is 44.2 Å². The molecule has 6 N–H and O–H groups in total. The molecule has 0 bridgehead atoms. The van der Waals surface area contributed by atoms with E-state index in [1.165, 1.54) is 18.2 Å². The molecule has 0 aliphatic rings. The fraction of sp³-hybridized carbons (Fsp3) is 0.200. The molecule has 0 aliphatic heterocycles. The first kappa shape index (κ1) is 35.3. The molecule has 6 rings (SSSR count). The first-order chi connectivity index (χ1) is 25.2. The molecule has 0 unspecified atom stereocenters. The molecule has 0 saturated carbocycles. The average Bonchev–Trinajstić information content (AvgIpc) is 3.15. The normalized spacial score (nSPS) is 11.0. The number of nitrogens with zero attached hydrogens (tertiary/aromatic N) is 1. The summed E-state index contributed by atoms with van der Waals surface area (Å²) in [4.78, 5) is 10.7. The van der Waals surface area contributed by atoms with Gasteiger partial charge in [-0.1, -0.05) is 12.1 Å². The molecule has 52 heavy (non-hydrogen) atoms. The van der Waals surface area contributed by atoms with Gasteiger partial charge in [0.05, 0.1) is 63.0 Å². The lowest BCUT2D eigenvalue weighted by Gasteiger charge is -2.20. The molecule has 268 valence electrons. The standard InChI is InChI=1S/C40H40N4O8/c1-47-29-9-11-31-25(21-29)5-15-35(49-17-3-19-51-37-23-27(41)7-13-33(37)42)39(31)40-32-12-10-30(48-2)22-26(32)6-16-36(40)50-18-4-20-52-38-24-28(44(45)46)8-14-34(38)43/h5-16,21-24H,3-4,17-20,41-43H2,1-2H3. The van der Waals surface area contributed by atoms with Crippen LogP contribution in [-0.2, 0) is 0 Å². The van der Waals surface area contributed by atoms with Crippen molar-refractivity contribution in [3.63, 3.8) is 0 Å². The minimum absolute atomic E-state index is 0.0952. The van der Waals surface area contributed by atoms with E-state index in [1.54, 1.807) is 32.4 Å². The summed E-state index contributed by atoms with van der Waals surface area (Å²) in [5.74, 6) is 3.55. The highest BCUT2D eigenvalue weighted by Gasteiger charge is 2.20. The van der Waals surface area contributed by atoms with Gasteiger partial charge in [0.15, 0.2) is 0 Å². The summed E-state index contributed by atoms with van der Waals surface area (Å²) in [5.41, 5.74) is 21.0. The summed E-state index contributed by atoms with van der Waals surface area (Å²) in [5, 5.41) is 15.0. The lowest BCUT2D eigenvalue weighted by molar-refractivity contribution is -0.384. The number of nitro benzene ring substituents is 1. The highest BCUT2D eigenvalue weighted by Crippen LogP contribution is 2.46. The van der Waals surface area contributed by atoms with Crippen molar-refractivity contribution in [1.29, 1.82) is 0 Å². The molecule has 6 aromatic rings. The number of hydrogen-bond donors (Lipinski definition) is 3. The molecule has 6 aromatic carbocycles. The Kier molecular flexibility index (Phi) is 10.8. The van der Waals surface area contributed by atoms with Gasteiger partial charge < -0.3 is 45.6 Å². The third kappa shape index (κ3) is 7.91. The Morgan fingerprint density at radius 3 is 1.48 bits per heavy atom. The predicted octanol–water partition coefficient (Wildman–Crippen LogP) is 8.03. The van der Waals surface area contributed by atoms with Gasteiger partial charge in [0.25, 0.3) is 5.69 Å². The van der Waals surface area contributed by atoms with Gasteiger partial charge in [-0.25, -0.2) is 0 Å². The second-order valence-corrected chi connectivity index (χ2v) is 11.9. The first-order valence-corrected chi connectivity index (χ1v) is 16.7. The van der Waals surface area contributed by atoms with E-state index in [9.17, 15) is 10.1 Å². The smallest absolute Gasteiger partial charge is 0.273 e. The lowest BCUT2D eigenvalue weighted by atomic mass is 9.92. The van der Waals surface area contributed by atoms with Gasteiger partial charge in [-0.15, -0.1) is 0 Å². The average molecular weight is 705 g/mol. The highest BCUT2D eigenvalue weighted by molar-refractivity contribution is 6.10. The summed E-state index contributed by atoms with van der Waals surface area (Å²) in [7, 11) is 3.28. The van der Waals surface area contributed by atoms with E-state index in [1.807, 2.05) is 60.7 Å². The molecule has 0 amide bonds. The molecule has 0 heterocycles. The van der Waals surface area contributed by atoms with Crippen LogP contribution < -0.4 is 45.6 Å². The molecule has 12 nitrogen and oxygen atoms in total. The van der Waals surface area contributed by atoms with Gasteiger partial charge >= 0.3 is 0 Å². The Bertz CT molecular complexity index is 2230. The number of hydrogen-bond acceptors (Lipinski definition) is 11. The third-order valence-corrected chi connectivity index (χ3v) is 8.48. The van der Waals surface area contributed by atoms with Crippen molar-refractivity contribution in [2.24, 2.45) is 0 Å². The molecule has 0 saturated heterocycles. The van der Waals surface area contributed by atoms with Crippen LogP contribution in [0.5, 0.6) is 34.5 Å². The maximum atomic E-state index is 11.2. The van der Waals surface area contributed by atoms with Crippen LogP contribution in [0.15, 0.2) is 97.1 Å². The minimum Gasteiger partial charge on any atom is -0.497 e. The summed E-state index contributed by atoms with van der Waals surface area (Å²) in [6.45, 7) is 1.27. The Balaban J connectivity index is 1.30. The van der Waals surface area contributed by atoms with Gasteiger partial charge in [-0.2, -0.15) is 0 Å². The Hall–Kier alpha value is -6.56. The monoisotopic (exact) mass is 704 g/mol. The van der Waals surface area contributed by atoms with Crippen LogP contribution in [0, 0.1) is 10.1 Å². The van der Waals surface area contributed by atoms with Crippen LogP contribution >= 0.6 is 0 Å². The molecule has 0 aromatic heterocycles. The van der Waals surface area contributed by atoms with Crippen LogP contribution in [0.3, 0.4) is 0 Å². The third-order valence-electron chi connectivity index (χ3n) is 8.48. The van der Waals surface area contributed by atoms with Gasteiger partial charge in [0.2, 0.25) is 0 Å². The zero-order chi connectivity index (χ0) is 36.6. The van der Waals surface area contributed by atoms with E-state index in [-0.39, 0.29) is 18.0 Å². The van der Waals surface area contributed by atoms with Gasteiger partial charge in [0, 0.05) is 41.8 Å². The number of rotatable bonds is 16. The number of nitro groups is 1. The predicted molar refractivity (Wildman–Crippen MR) is 204 cm³/mol. The van der Waals surface area contributed by atoms with E-state index in [4.69, 9.17) is 45.6 Å². The number of methoxy groups -OCH3 is 2. The maximum absolute atomic E-state index is 11.2. The quantitative estimate of drug-likeness (QED) is 0.0385. The molecule has 0 aliphatic carbocycles. The second-order valence-electron chi connectivity index (χ2n) is 11.9. The summed E-state index contributed by atoms with van der Waals surface area (Å²) >= 11 is 0. The van der Waals surface area contributed by atoms with Crippen LogP contribution in [0.1, 0.15) is 12.8 Å². The number of nitrogens with two attached hydrogens (primary N) is 3. The highest BCUT2D eigenvalue weighted by atomic mass is 16.6. The van der Waals surface area contributed by atoms with Gasteiger partial charge in [-0.3, -0.25) is 10.1 Å². The number of fused-ring (bicyclic) bond motifs is 2. The lowest BCUT2D eigenvalue weighted by Crippen LogP contribution is -2.08. The van der Waals surface area contributed by atoms with E-state index in [0.29, 0.717) is 67.0 Å². The number of anilines is 3. The molecule has 0 atom stereocenters. The Morgan fingerprint density at radius 2 is 1.00 bits per heavy atom. The van der Waals surface area contributed by atoms with Crippen molar-refractivity contribution in [1.82, 2.24) is 0 Å². The number of nitrogen functional groups attached to an aromatic ring is 3. The summed E-state index contributed by atoms with van der Waals surface area (Å²) in [6.07, 6.45) is 1.06. The number of benzene rings is 6. The molecule has 0 radical (unpaired) electrons. The van der Waals surface area contributed by atoms with Crippen molar-refractivity contribution < 1.29 is 33.3 Å². The van der Waals surface area contributed by atoms with Crippen molar-refractivity contribution in [3.8, 4) is 45.6 Å². The fourth-order valence-electron chi connectivity index (χ4n) is 5.87. The fourth-order valence-corrected chi connectivity index (χ4v) is 5.87. The summed E-state index contributed by atoms with van der Waals surface area (Å²) < 4.78 is 35.8. The van der Waals surface area contributed by atoms with Crippen molar-refractivity contribution in [2.75, 3.05) is 57.8 Å². The largest absolute Gasteiger partial charge is 0.497 e. The number of non-ortho nitro benzene ring substituents is 1. The topological polar surface area (TPSA) is 177 Å². The zero-order valence-corrected chi connectivity index (χ0v) is 28.9. The Labute approximate surface area is 300 Å². The maximum Gasteiger partial charge on any atom is 0.273 e. The van der Waals surface area contributed by atoms with E-state index < -0.39 is 4.92 Å². The molecular formula is C40H40N4O8. The molecular weight excluding hydrogens is 664 g/mol. The van der Waals surface area contributed by atoms with Crippen molar-refractivity contribution in [2.45, 2.75) is 12.8 Å². The van der Waals surface area contributed by atoms with Gasteiger partial charge in [-0.05, 0) is 88.3 Å². The van der Waals surface area contributed by atoms with E-state index >= 15 is 0 Å². The van der Waals surface area contributed by atoms with Crippen molar-refractivity contribution >= 4 is 44.3 Å². The van der Waals surface area contributed by atoms with E-state index in [2.05, 4.69) is 0 Å².